The molecule has 0 N–H and O–H groups in total. The highest BCUT2D eigenvalue weighted by molar-refractivity contribution is 7.99. The van der Waals surface area contributed by atoms with E-state index < -0.39 is 0 Å². The number of carbonyl (C=O) groups is 2. The SMILES string of the molecule is CCCCCCN1c2ccc(OC)c(CC#N)c2Sc2c1ccc(OC)c2CN1C(=O)c2ccccc2C1=O. The van der Waals surface area contributed by atoms with Crippen molar-refractivity contribution in [3.63, 3.8) is 0 Å². The van der Waals surface area contributed by atoms with Gasteiger partial charge < -0.3 is 14.4 Å². The lowest BCUT2D eigenvalue weighted by atomic mass is 10.1. The number of hydrogen-bond acceptors (Lipinski definition) is 7. The highest BCUT2D eigenvalue weighted by Gasteiger charge is 2.37. The number of ether oxygens (including phenoxy) is 2. The maximum absolute atomic E-state index is 13.3. The third kappa shape index (κ3) is 4.72. The number of anilines is 2. The average Bonchev–Trinajstić information content (AvgIpc) is 3.20. The Morgan fingerprint density at radius 1 is 0.795 bits per heavy atom. The second kappa shape index (κ2) is 11.4. The normalized spacial score (nSPS) is 13.6. The third-order valence-electron chi connectivity index (χ3n) is 7.30. The minimum atomic E-state index is -0.306. The standard InChI is InChI=1S/C31H31N3O4S/c1-4-5-6-9-18-33-24-12-14-26(37-2)22(16-17-32)28(24)39-29-23(27(38-3)15-13-25(29)33)19-34-30(35)20-10-7-8-11-21(20)31(34)36/h7-8,10-15H,4-6,9,16,18-19H2,1-3H3. The van der Waals surface area contributed by atoms with E-state index in [1.165, 1.54) is 4.90 Å². The van der Waals surface area contributed by atoms with Crippen molar-refractivity contribution in [1.82, 2.24) is 4.90 Å². The molecule has 2 aliphatic heterocycles. The van der Waals surface area contributed by atoms with Gasteiger partial charge in [-0.15, -0.1) is 0 Å². The van der Waals surface area contributed by atoms with E-state index >= 15 is 0 Å². The third-order valence-corrected chi connectivity index (χ3v) is 8.62. The fourth-order valence-corrected chi connectivity index (χ4v) is 6.69. The number of nitriles is 1. The Morgan fingerprint density at radius 3 is 1.95 bits per heavy atom. The molecule has 0 fully saturated rings. The first-order valence-electron chi connectivity index (χ1n) is 13.2. The Bertz CT molecular complexity index is 1440. The zero-order chi connectivity index (χ0) is 27.5. The van der Waals surface area contributed by atoms with Gasteiger partial charge in [-0.2, -0.15) is 5.26 Å². The molecule has 3 aromatic rings. The number of imide groups is 1. The summed E-state index contributed by atoms with van der Waals surface area (Å²) in [5.41, 5.74) is 4.48. The van der Waals surface area contributed by atoms with Gasteiger partial charge in [-0.05, 0) is 42.8 Å². The highest BCUT2D eigenvalue weighted by atomic mass is 32.2. The summed E-state index contributed by atoms with van der Waals surface area (Å²) >= 11 is 1.55. The second-order valence-electron chi connectivity index (χ2n) is 9.58. The Hall–Kier alpha value is -3.96. The fourth-order valence-electron chi connectivity index (χ4n) is 5.34. The average molecular weight is 542 g/mol. The molecule has 2 aliphatic rings. The maximum Gasteiger partial charge on any atom is 0.261 e. The summed E-state index contributed by atoms with van der Waals surface area (Å²) in [5.74, 6) is 0.665. The van der Waals surface area contributed by atoms with Gasteiger partial charge in [-0.3, -0.25) is 14.5 Å². The van der Waals surface area contributed by atoms with E-state index in [0.717, 1.165) is 64.5 Å². The first-order chi connectivity index (χ1) is 19.0. The number of nitrogens with zero attached hydrogens (tertiary/aromatic N) is 3. The van der Waals surface area contributed by atoms with E-state index in [0.29, 0.717) is 22.6 Å². The summed E-state index contributed by atoms with van der Waals surface area (Å²) < 4.78 is 11.4. The van der Waals surface area contributed by atoms with Crippen LogP contribution in [0.3, 0.4) is 0 Å². The first kappa shape index (κ1) is 26.6. The van der Waals surface area contributed by atoms with Crippen LogP contribution in [0.4, 0.5) is 11.4 Å². The predicted octanol–water partition coefficient (Wildman–Crippen LogP) is 6.75. The van der Waals surface area contributed by atoms with E-state index in [9.17, 15) is 14.9 Å². The van der Waals surface area contributed by atoms with Crippen LogP contribution in [-0.2, 0) is 13.0 Å². The van der Waals surface area contributed by atoms with E-state index in [2.05, 4.69) is 24.0 Å². The number of hydrogen-bond donors (Lipinski definition) is 0. The molecule has 3 aromatic carbocycles. The summed E-state index contributed by atoms with van der Waals surface area (Å²) in [6.45, 7) is 3.08. The van der Waals surface area contributed by atoms with Gasteiger partial charge in [0.2, 0.25) is 0 Å². The molecule has 200 valence electrons. The number of carbonyl (C=O) groups excluding carboxylic acids is 2. The van der Waals surface area contributed by atoms with Crippen molar-refractivity contribution in [2.24, 2.45) is 0 Å². The van der Waals surface area contributed by atoms with Crippen molar-refractivity contribution in [3.8, 4) is 17.6 Å². The molecule has 0 aliphatic carbocycles. The molecule has 8 heteroatoms. The molecule has 0 saturated carbocycles. The topological polar surface area (TPSA) is 82.9 Å². The van der Waals surface area contributed by atoms with Gasteiger partial charge >= 0.3 is 0 Å². The largest absolute Gasteiger partial charge is 0.496 e. The molecule has 0 unspecified atom stereocenters. The molecule has 0 saturated heterocycles. The smallest absolute Gasteiger partial charge is 0.261 e. The molecule has 0 spiro atoms. The zero-order valence-corrected chi connectivity index (χ0v) is 23.3. The molecular formula is C31H31N3O4S. The van der Waals surface area contributed by atoms with Gasteiger partial charge in [0.1, 0.15) is 11.5 Å². The van der Waals surface area contributed by atoms with Crippen LogP contribution in [0.2, 0.25) is 0 Å². The Balaban J connectivity index is 1.62. The molecule has 2 heterocycles. The van der Waals surface area contributed by atoms with Crippen molar-refractivity contribution in [2.45, 2.75) is 55.4 Å². The quantitative estimate of drug-likeness (QED) is 0.207. The Morgan fingerprint density at radius 2 is 1.38 bits per heavy atom. The monoisotopic (exact) mass is 541 g/mol. The molecule has 2 amide bonds. The molecular weight excluding hydrogens is 510 g/mol. The van der Waals surface area contributed by atoms with Crippen LogP contribution in [0.15, 0.2) is 58.3 Å². The van der Waals surface area contributed by atoms with E-state index in [1.807, 2.05) is 18.2 Å². The van der Waals surface area contributed by atoms with Crippen LogP contribution >= 0.6 is 11.8 Å². The summed E-state index contributed by atoms with van der Waals surface area (Å²) in [7, 11) is 3.21. The lowest BCUT2D eigenvalue weighted by molar-refractivity contribution is 0.0640. The van der Waals surface area contributed by atoms with Crippen molar-refractivity contribution in [1.29, 1.82) is 5.26 Å². The number of amides is 2. The van der Waals surface area contributed by atoms with E-state index in [4.69, 9.17) is 9.47 Å². The summed E-state index contributed by atoms with van der Waals surface area (Å²) in [4.78, 5) is 32.0. The van der Waals surface area contributed by atoms with Crippen molar-refractivity contribution >= 4 is 35.0 Å². The molecule has 39 heavy (non-hydrogen) atoms. The van der Waals surface area contributed by atoms with Crippen LogP contribution < -0.4 is 14.4 Å². The molecule has 0 bridgehead atoms. The van der Waals surface area contributed by atoms with Crippen LogP contribution in [0, 0.1) is 11.3 Å². The van der Waals surface area contributed by atoms with Crippen LogP contribution in [0.25, 0.3) is 0 Å². The van der Waals surface area contributed by atoms with Gasteiger partial charge in [0.15, 0.2) is 0 Å². The van der Waals surface area contributed by atoms with Crippen LogP contribution in [0.5, 0.6) is 11.5 Å². The van der Waals surface area contributed by atoms with Gasteiger partial charge in [-0.25, -0.2) is 0 Å². The van der Waals surface area contributed by atoms with Gasteiger partial charge in [0.25, 0.3) is 11.8 Å². The van der Waals surface area contributed by atoms with E-state index in [1.54, 1.807) is 50.2 Å². The van der Waals surface area contributed by atoms with Gasteiger partial charge in [0, 0.05) is 27.5 Å². The number of benzene rings is 3. The zero-order valence-electron chi connectivity index (χ0n) is 22.5. The minimum absolute atomic E-state index is 0.0856. The van der Waals surface area contributed by atoms with E-state index in [-0.39, 0.29) is 24.8 Å². The Kier molecular flexibility index (Phi) is 7.80. The van der Waals surface area contributed by atoms with Crippen molar-refractivity contribution in [3.05, 3.63) is 70.8 Å². The van der Waals surface area contributed by atoms with Crippen molar-refractivity contribution in [2.75, 3.05) is 25.7 Å². The maximum atomic E-state index is 13.3. The number of unbranched alkanes of at least 4 members (excludes halogenated alkanes) is 3. The predicted molar refractivity (Wildman–Crippen MR) is 151 cm³/mol. The molecule has 0 radical (unpaired) electrons. The highest BCUT2D eigenvalue weighted by Crippen LogP contribution is 2.54. The van der Waals surface area contributed by atoms with Crippen LogP contribution in [0.1, 0.15) is 64.4 Å². The summed E-state index contributed by atoms with van der Waals surface area (Å²) in [5, 5.41) is 9.64. The lowest BCUT2D eigenvalue weighted by Gasteiger charge is -2.36. The molecule has 0 atom stereocenters. The fraction of sp³-hybridized carbons (Fsp3) is 0.323. The van der Waals surface area contributed by atoms with Gasteiger partial charge in [0.05, 0.1) is 55.8 Å². The summed E-state index contributed by atoms with van der Waals surface area (Å²) in [6.07, 6.45) is 4.64. The second-order valence-corrected chi connectivity index (χ2v) is 10.6. The number of rotatable bonds is 10. The minimum Gasteiger partial charge on any atom is -0.496 e. The first-order valence-corrected chi connectivity index (χ1v) is 14.0. The molecule has 0 aromatic heterocycles. The lowest BCUT2D eigenvalue weighted by Crippen LogP contribution is -2.30. The number of fused-ring (bicyclic) bond motifs is 3. The summed E-state index contributed by atoms with van der Waals surface area (Å²) in [6, 6.07) is 17.2. The molecule has 7 nitrogen and oxygen atoms in total. The van der Waals surface area contributed by atoms with Crippen molar-refractivity contribution < 1.29 is 19.1 Å². The Labute approximate surface area is 233 Å². The number of methoxy groups -OCH3 is 2. The van der Waals surface area contributed by atoms with Gasteiger partial charge in [-0.1, -0.05) is 50.1 Å². The molecule has 5 rings (SSSR count). The van der Waals surface area contributed by atoms with Crippen LogP contribution in [-0.4, -0.2) is 37.5 Å².